The van der Waals surface area contributed by atoms with Crippen LogP contribution in [0.4, 0.5) is 0 Å². The molecule has 0 heterocycles. The predicted octanol–water partition coefficient (Wildman–Crippen LogP) is 23.6. The minimum absolute atomic E-state index is 0.0879. The molecule has 1 atom stereocenters. The number of hydrogen-bond donors (Lipinski definition) is 0. The second-order valence-electron chi connectivity index (χ2n) is 22.7. The Balaban J connectivity index is 4.43. The van der Waals surface area contributed by atoms with Gasteiger partial charge in [-0.2, -0.15) is 0 Å². The highest BCUT2D eigenvalue weighted by atomic mass is 16.6. The molecular weight excluding hydrogens is 985 g/mol. The van der Waals surface area contributed by atoms with E-state index in [4.69, 9.17) is 14.2 Å². The van der Waals surface area contributed by atoms with Crippen molar-refractivity contribution in [2.45, 2.75) is 341 Å². The Morgan fingerprint density at radius 3 is 0.787 bits per heavy atom. The highest BCUT2D eigenvalue weighted by molar-refractivity contribution is 5.71. The van der Waals surface area contributed by atoms with Crippen LogP contribution in [-0.4, -0.2) is 37.2 Å². The zero-order valence-electron chi connectivity index (χ0n) is 52.8. The first-order valence-electron chi connectivity index (χ1n) is 34.2. The van der Waals surface area contributed by atoms with Crippen molar-refractivity contribution >= 4 is 17.9 Å². The molecule has 0 amide bonds. The first-order valence-corrected chi connectivity index (χ1v) is 34.2. The number of allylic oxidation sites excluding steroid dienone is 16. The SMILES string of the molecule is CC/C=C\C/C=C\C/C=C\C/C=C\C/C=C\C/C=C\C/C=C\CCCCCC(=O)OCC(COC(=O)CCCCCCCCC/C=C\CCCCCCCC)OC(=O)CCCCCCCCCCCCCCCCCCCCCC. The smallest absolute Gasteiger partial charge is 0.306 e. The zero-order chi connectivity index (χ0) is 57.8. The molecule has 1 unspecified atom stereocenters. The fraction of sp³-hybridized carbons (Fsp3) is 0.743. The minimum atomic E-state index is -0.794. The van der Waals surface area contributed by atoms with E-state index in [0.29, 0.717) is 19.3 Å². The summed E-state index contributed by atoms with van der Waals surface area (Å²) in [5, 5.41) is 0. The van der Waals surface area contributed by atoms with Crippen LogP contribution in [0.1, 0.15) is 335 Å². The van der Waals surface area contributed by atoms with E-state index < -0.39 is 6.10 Å². The third kappa shape index (κ3) is 65.1. The molecule has 0 aromatic heterocycles. The van der Waals surface area contributed by atoms with E-state index in [-0.39, 0.29) is 31.1 Å². The Labute approximate surface area is 496 Å². The van der Waals surface area contributed by atoms with Gasteiger partial charge >= 0.3 is 17.9 Å². The molecule has 0 N–H and O–H groups in total. The van der Waals surface area contributed by atoms with E-state index in [9.17, 15) is 14.4 Å². The summed E-state index contributed by atoms with van der Waals surface area (Å²) in [7, 11) is 0. The van der Waals surface area contributed by atoms with Crippen molar-refractivity contribution in [2.75, 3.05) is 13.2 Å². The average molecular weight is 1110 g/mol. The standard InChI is InChI=1S/C74H128O6/c1-4-7-10-13-16-19-22-25-28-31-33-35-36-37-38-39-41-43-46-49-52-55-58-61-64-67-73(76)79-70-71(69-78-72(75)66-63-60-57-54-51-48-45-42-30-27-24-21-18-15-12-9-6-3)80-74(77)68-65-62-59-56-53-50-47-44-40-34-32-29-26-23-20-17-14-11-8-5-2/h7,10,16,19,25,27-28,30,33,35,37-38,41,43,49,52,71H,4-6,8-9,11-15,17-18,20-24,26,29,31-32,34,36,39-40,42,44-48,50-51,53-70H2,1-3H3/b10-7-,19-16-,28-25-,30-27-,35-33-,38-37-,43-41-,52-49-. The van der Waals surface area contributed by atoms with Gasteiger partial charge in [-0.05, 0) is 103 Å². The van der Waals surface area contributed by atoms with Crippen LogP contribution >= 0.6 is 0 Å². The lowest BCUT2D eigenvalue weighted by Gasteiger charge is -2.18. The van der Waals surface area contributed by atoms with Crippen LogP contribution in [0.25, 0.3) is 0 Å². The van der Waals surface area contributed by atoms with Gasteiger partial charge in [-0.15, -0.1) is 0 Å². The minimum Gasteiger partial charge on any atom is -0.462 e. The largest absolute Gasteiger partial charge is 0.462 e. The molecule has 0 bridgehead atoms. The maximum atomic E-state index is 13.0. The van der Waals surface area contributed by atoms with Crippen LogP contribution in [0.15, 0.2) is 97.2 Å². The predicted molar refractivity (Wildman–Crippen MR) is 348 cm³/mol. The molecule has 0 saturated carbocycles. The van der Waals surface area contributed by atoms with Gasteiger partial charge in [-0.3, -0.25) is 14.4 Å². The molecule has 0 radical (unpaired) electrons. The van der Waals surface area contributed by atoms with Crippen LogP contribution in [0.3, 0.4) is 0 Å². The van der Waals surface area contributed by atoms with Crippen LogP contribution in [0.2, 0.25) is 0 Å². The number of rotatable bonds is 62. The van der Waals surface area contributed by atoms with E-state index in [1.54, 1.807) is 0 Å². The molecule has 0 saturated heterocycles. The van der Waals surface area contributed by atoms with Crippen molar-refractivity contribution in [2.24, 2.45) is 0 Å². The van der Waals surface area contributed by atoms with Gasteiger partial charge in [0.15, 0.2) is 6.10 Å². The molecule has 0 spiro atoms. The number of ether oxygens (including phenoxy) is 3. The van der Waals surface area contributed by atoms with Crippen LogP contribution < -0.4 is 0 Å². The van der Waals surface area contributed by atoms with E-state index in [1.165, 1.54) is 186 Å². The van der Waals surface area contributed by atoms with Crippen LogP contribution in [0.5, 0.6) is 0 Å². The number of carbonyl (C=O) groups excluding carboxylic acids is 3. The van der Waals surface area contributed by atoms with E-state index in [2.05, 4.69) is 118 Å². The first-order chi connectivity index (χ1) is 39.5. The van der Waals surface area contributed by atoms with Gasteiger partial charge in [0.1, 0.15) is 13.2 Å². The molecule has 0 aromatic rings. The number of carbonyl (C=O) groups is 3. The normalized spacial score (nSPS) is 12.7. The van der Waals surface area contributed by atoms with Gasteiger partial charge in [-0.25, -0.2) is 0 Å². The van der Waals surface area contributed by atoms with Gasteiger partial charge < -0.3 is 14.2 Å². The lowest BCUT2D eigenvalue weighted by molar-refractivity contribution is -0.167. The van der Waals surface area contributed by atoms with Crippen molar-refractivity contribution in [3.8, 4) is 0 Å². The number of unbranched alkanes of at least 4 members (excludes halogenated alkanes) is 35. The average Bonchev–Trinajstić information content (AvgIpc) is 3.46. The highest BCUT2D eigenvalue weighted by Gasteiger charge is 2.19. The molecule has 80 heavy (non-hydrogen) atoms. The summed E-state index contributed by atoms with van der Waals surface area (Å²) < 4.78 is 17.0. The molecule has 6 heteroatoms. The molecular formula is C74H128O6. The van der Waals surface area contributed by atoms with Crippen molar-refractivity contribution in [3.63, 3.8) is 0 Å². The molecule has 0 aliphatic rings. The van der Waals surface area contributed by atoms with Gasteiger partial charge in [0.2, 0.25) is 0 Å². The fourth-order valence-corrected chi connectivity index (χ4v) is 9.71. The summed E-state index contributed by atoms with van der Waals surface area (Å²) >= 11 is 0. The number of esters is 3. The molecule has 0 aliphatic heterocycles. The van der Waals surface area contributed by atoms with Crippen LogP contribution in [0, 0.1) is 0 Å². The Hall–Kier alpha value is -3.67. The maximum Gasteiger partial charge on any atom is 0.306 e. The van der Waals surface area contributed by atoms with Gasteiger partial charge in [-0.1, -0.05) is 311 Å². The Morgan fingerprint density at radius 2 is 0.487 bits per heavy atom. The van der Waals surface area contributed by atoms with Gasteiger partial charge in [0.25, 0.3) is 0 Å². The fourth-order valence-electron chi connectivity index (χ4n) is 9.71. The summed E-state index contributed by atoms with van der Waals surface area (Å²) in [6, 6.07) is 0. The molecule has 460 valence electrons. The van der Waals surface area contributed by atoms with Gasteiger partial charge in [0.05, 0.1) is 0 Å². The van der Waals surface area contributed by atoms with Crippen LogP contribution in [-0.2, 0) is 28.6 Å². The monoisotopic (exact) mass is 1110 g/mol. The Kier molecular flexibility index (Phi) is 64.7. The number of hydrogen-bond acceptors (Lipinski definition) is 6. The maximum absolute atomic E-state index is 13.0. The lowest BCUT2D eigenvalue weighted by Crippen LogP contribution is -2.30. The summed E-state index contributed by atoms with van der Waals surface area (Å²) in [5.41, 5.74) is 0. The first kappa shape index (κ1) is 76.3. The lowest BCUT2D eigenvalue weighted by atomic mass is 10.0. The molecule has 0 aromatic carbocycles. The van der Waals surface area contributed by atoms with Crippen molar-refractivity contribution < 1.29 is 28.6 Å². The van der Waals surface area contributed by atoms with Crippen molar-refractivity contribution in [1.82, 2.24) is 0 Å². The summed E-state index contributed by atoms with van der Waals surface area (Å²) in [6.45, 7) is 6.54. The topological polar surface area (TPSA) is 78.9 Å². The van der Waals surface area contributed by atoms with E-state index in [0.717, 1.165) is 109 Å². The Morgan fingerprint density at radius 1 is 0.263 bits per heavy atom. The quantitative estimate of drug-likeness (QED) is 0.0261. The molecule has 0 fully saturated rings. The zero-order valence-corrected chi connectivity index (χ0v) is 52.8. The second-order valence-corrected chi connectivity index (χ2v) is 22.7. The van der Waals surface area contributed by atoms with E-state index >= 15 is 0 Å². The highest BCUT2D eigenvalue weighted by Crippen LogP contribution is 2.17. The van der Waals surface area contributed by atoms with Gasteiger partial charge in [0, 0.05) is 19.3 Å². The van der Waals surface area contributed by atoms with E-state index in [1.807, 2.05) is 0 Å². The molecule has 0 rings (SSSR count). The second kappa shape index (κ2) is 67.8. The molecule has 6 nitrogen and oxygen atoms in total. The molecule has 0 aliphatic carbocycles. The summed E-state index contributed by atoms with van der Waals surface area (Å²) in [6.07, 6.45) is 91.3. The third-order valence-corrected chi connectivity index (χ3v) is 14.8. The third-order valence-electron chi connectivity index (χ3n) is 14.8. The van der Waals surface area contributed by atoms with Crippen molar-refractivity contribution in [3.05, 3.63) is 97.2 Å². The summed E-state index contributed by atoms with van der Waals surface area (Å²) in [4.78, 5) is 38.4. The van der Waals surface area contributed by atoms with Crippen molar-refractivity contribution in [1.29, 1.82) is 0 Å². The summed E-state index contributed by atoms with van der Waals surface area (Å²) in [5.74, 6) is -0.909. The Bertz CT molecular complexity index is 1560.